The maximum absolute atomic E-state index is 2.41. The molecule has 0 unspecified atom stereocenters. The predicted molar refractivity (Wildman–Crippen MR) is 41.0 cm³/mol. The van der Waals surface area contributed by atoms with E-state index in [1.54, 1.807) is 0 Å². The predicted octanol–water partition coefficient (Wildman–Crippen LogP) is 2.67. The van der Waals surface area contributed by atoms with Gasteiger partial charge in [-0.05, 0) is 31.8 Å². The van der Waals surface area contributed by atoms with Gasteiger partial charge in [0, 0.05) is 0 Å². The molecule has 0 aromatic heterocycles. The first-order valence-corrected chi connectivity index (χ1v) is 5.77. The van der Waals surface area contributed by atoms with Crippen LogP contribution in [0.1, 0.15) is 25.7 Å². The van der Waals surface area contributed by atoms with Crippen LogP contribution in [0, 0.1) is 0 Å². The van der Waals surface area contributed by atoms with Gasteiger partial charge in [-0.25, -0.2) is 0 Å². The summed E-state index contributed by atoms with van der Waals surface area (Å²) in [7, 11) is 0.398. The largest absolute Gasteiger partial charge is 0.110 e. The van der Waals surface area contributed by atoms with E-state index in [2.05, 4.69) is 13.3 Å². The topological polar surface area (TPSA) is 0 Å². The van der Waals surface area contributed by atoms with Gasteiger partial charge < -0.3 is 0 Å². The summed E-state index contributed by atoms with van der Waals surface area (Å²) in [4.78, 5) is 0. The van der Waals surface area contributed by atoms with Gasteiger partial charge in [0.1, 0.15) is 0 Å². The zero-order chi connectivity index (χ0) is 5.98. The Labute approximate surface area is 53.4 Å². The van der Waals surface area contributed by atoms with E-state index < -0.39 is 0 Å². The highest BCUT2D eigenvalue weighted by Gasteiger charge is 2.16. The van der Waals surface area contributed by atoms with E-state index in [0.717, 1.165) is 5.66 Å². The average molecular weight is 130 g/mol. The van der Waals surface area contributed by atoms with Gasteiger partial charge in [-0.3, -0.25) is 0 Å². The van der Waals surface area contributed by atoms with E-state index in [0.29, 0.717) is 7.92 Å². The van der Waals surface area contributed by atoms with Crippen LogP contribution in [-0.2, 0) is 0 Å². The van der Waals surface area contributed by atoms with Gasteiger partial charge in [0.2, 0.25) is 0 Å². The maximum atomic E-state index is 2.41. The molecule has 8 heavy (non-hydrogen) atoms. The summed E-state index contributed by atoms with van der Waals surface area (Å²) in [5.41, 5.74) is 1.13. The molecule has 0 saturated heterocycles. The van der Waals surface area contributed by atoms with E-state index >= 15 is 0 Å². The molecule has 1 aliphatic carbocycles. The summed E-state index contributed by atoms with van der Waals surface area (Å²) in [6, 6.07) is 0. The van der Waals surface area contributed by atoms with Gasteiger partial charge >= 0.3 is 0 Å². The molecule has 0 aliphatic heterocycles. The van der Waals surface area contributed by atoms with Crippen molar-refractivity contribution in [2.75, 3.05) is 13.3 Å². The minimum atomic E-state index is 0.398. The zero-order valence-corrected chi connectivity index (χ0v) is 6.75. The summed E-state index contributed by atoms with van der Waals surface area (Å²) in [6.45, 7) is 4.82. The van der Waals surface area contributed by atoms with Crippen molar-refractivity contribution in [3.63, 3.8) is 0 Å². The Hall–Kier alpha value is 0.430. The molecule has 0 aromatic rings. The van der Waals surface area contributed by atoms with Crippen molar-refractivity contribution in [1.29, 1.82) is 0 Å². The highest BCUT2D eigenvalue weighted by molar-refractivity contribution is 7.56. The molecule has 0 radical (unpaired) electrons. The summed E-state index contributed by atoms with van der Waals surface area (Å²) in [5.74, 6) is 0. The monoisotopic (exact) mass is 130 g/mol. The van der Waals surface area contributed by atoms with Crippen LogP contribution >= 0.6 is 7.92 Å². The first kappa shape index (κ1) is 6.55. The van der Waals surface area contributed by atoms with Crippen LogP contribution in [0.2, 0.25) is 0 Å². The van der Waals surface area contributed by atoms with Crippen LogP contribution in [0.15, 0.2) is 0 Å². The van der Waals surface area contributed by atoms with Crippen LogP contribution in [0.25, 0.3) is 0 Å². The van der Waals surface area contributed by atoms with E-state index in [1.165, 1.54) is 25.7 Å². The molecule has 48 valence electrons. The fourth-order valence-corrected chi connectivity index (χ4v) is 2.82. The molecule has 0 amide bonds. The van der Waals surface area contributed by atoms with Crippen molar-refractivity contribution in [1.82, 2.24) is 0 Å². The van der Waals surface area contributed by atoms with E-state index in [1.807, 2.05) is 0 Å². The lowest BCUT2D eigenvalue weighted by Gasteiger charge is -2.12. The molecule has 0 bridgehead atoms. The lowest BCUT2D eigenvalue weighted by atomic mass is 10.4. The molecule has 0 atom stereocenters. The lowest BCUT2D eigenvalue weighted by Crippen LogP contribution is -1.94. The van der Waals surface area contributed by atoms with Crippen LogP contribution in [-0.4, -0.2) is 19.0 Å². The molecule has 0 aromatic carbocycles. The van der Waals surface area contributed by atoms with Crippen molar-refractivity contribution in [2.45, 2.75) is 31.3 Å². The van der Waals surface area contributed by atoms with E-state index in [9.17, 15) is 0 Å². The Morgan fingerprint density at radius 2 is 1.62 bits per heavy atom. The first-order chi connectivity index (χ1) is 3.80. The smallest absolute Gasteiger partial charge is 0.0214 e. The molecule has 1 heteroatoms. The number of hydrogen-bond donors (Lipinski definition) is 0. The molecule has 1 rings (SSSR count). The zero-order valence-electron chi connectivity index (χ0n) is 5.85. The van der Waals surface area contributed by atoms with Gasteiger partial charge in [-0.15, -0.1) is 7.92 Å². The third-order valence-corrected chi connectivity index (χ3v) is 4.03. The van der Waals surface area contributed by atoms with Crippen LogP contribution < -0.4 is 0 Å². The number of hydrogen-bond acceptors (Lipinski definition) is 0. The molecule has 0 N–H and O–H groups in total. The van der Waals surface area contributed by atoms with Crippen LogP contribution in [0.4, 0.5) is 0 Å². The average Bonchev–Trinajstić information content (AvgIpc) is 2.12. The fraction of sp³-hybridized carbons (Fsp3) is 1.00. The Balaban J connectivity index is 2.24. The second kappa shape index (κ2) is 2.82. The summed E-state index contributed by atoms with van der Waals surface area (Å²) < 4.78 is 0. The Morgan fingerprint density at radius 3 is 1.88 bits per heavy atom. The van der Waals surface area contributed by atoms with Crippen molar-refractivity contribution in [2.24, 2.45) is 0 Å². The molecule has 1 fully saturated rings. The second-order valence-corrected chi connectivity index (χ2v) is 5.56. The first-order valence-electron chi connectivity index (χ1n) is 3.47. The molecule has 1 saturated carbocycles. The van der Waals surface area contributed by atoms with Crippen molar-refractivity contribution in [3.05, 3.63) is 0 Å². The van der Waals surface area contributed by atoms with Gasteiger partial charge in [0.25, 0.3) is 0 Å². The molecule has 0 heterocycles. The summed E-state index contributed by atoms with van der Waals surface area (Å²) in [6.07, 6.45) is 6.06. The quantitative estimate of drug-likeness (QED) is 0.479. The lowest BCUT2D eigenvalue weighted by molar-refractivity contribution is 0.886. The van der Waals surface area contributed by atoms with E-state index in [-0.39, 0.29) is 0 Å². The van der Waals surface area contributed by atoms with Crippen LogP contribution in [0.5, 0.6) is 0 Å². The normalized spacial score (nSPS) is 22.9. The molecule has 1 aliphatic rings. The Kier molecular flexibility index (Phi) is 2.31. The molecular weight excluding hydrogens is 115 g/mol. The highest BCUT2D eigenvalue weighted by Crippen LogP contribution is 2.42. The second-order valence-electron chi connectivity index (χ2n) is 2.90. The third-order valence-electron chi connectivity index (χ3n) is 2.05. The molecule has 0 nitrogen and oxygen atoms in total. The molecule has 0 spiro atoms. The maximum Gasteiger partial charge on any atom is -0.0214 e. The van der Waals surface area contributed by atoms with Gasteiger partial charge in [0.15, 0.2) is 0 Å². The Bertz CT molecular complexity index is 62.8. The Morgan fingerprint density at radius 1 is 1.12 bits per heavy atom. The molecular formula is C7H15P. The third kappa shape index (κ3) is 1.45. The summed E-state index contributed by atoms with van der Waals surface area (Å²) in [5, 5.41) is 0. The van der Waals surface area contributed by atoms with Crippen LogP contribution in [0.3, 0.4) is 0 Å². The SMILES string of the molecule is CP(C)C1CCCC1. The highest BCUT2D eigenvalue weighted by atomic mass is 31.1. The minimum absolute atomic E-state index is 0.398. The van der Waals surface area contributed by atoms with Crippen molar-refractivity contribution >= 4 is 7.92 Å². The minimum Gasteiger partial charge on any atom is -0.110 e. The van der Waals surface area contributed by atoms with Gasteiger partial charge in [-0.2, -0.15) is 0 Å². The van der Waals surface area contributed by atoms with E-state index in [4.69, 9.17) is 0 Å². The van der Waals surface area contributed by atoms with Crippen molar-refractivity contribution < 1.29 is 0 Å². The fourth-order valence-electron chi connectivity index (χ4n) is 1.42. The summed E-state index contributed by atoms with van der Waals surface area (Å²) >= 11 is 0. The van der Waals surface area contributed by atoms with Gasteiger partial charge in [0.05, 0.1) is 0 Å². The van der Waals surface area contributed by atoms with Crippen molar-refractivity contribution in [3.8, 4) is 0 Å². The van der Waals surface area contributed by atoms with Gasteiger partial charge in [-0.1, -0.05) is 12.8 Å². The number of rotatable bonds is 1. The standard InChI is InChI=1S/C7H15P/c1-8(2)7-5-3-4-6-7/h7H,3-6H2,1-2H3.